The molecule has 119 heavy (non-hydrogen) atoms. The molecule has 12 N–H and O–H groups in total. The van der Waals surface area contributed by atoms with Crippen molar-refractivity contribution in [3.63, 3.8) is 0 Å². The van der Waals surface area contributed by atoms with Gasteiger partial charge in [-0.15, -0.1) is 0 Å². The van der Waals surface area contributed by atoms with Crippen LogP contribution in [0, 0.1) is 14.2 Å². The van der Waals surface area contributed by atoms with E-state index in [1.165, 1.54) is 0 Å². The Morgan fingerprint density at radius 3 is 0.286 bits per heavy atom. The first-order chi connectivity index (χ1) is 55.8. The first-order valence-electron chi connectivity index (χ1n) is 34.7. The number of benzene rings is 10. The summed E-state index contributed by atoms with van der Waals surface area (Å²) in [5.41, 5.74) is 6.62. The van der Waals surface area contributed by atoms with E-state index >= 15 is 0 Å². The number of para-hydroxylation sites is 10. The first kappa shape index (κ1) is 98.7. The summed E-state index contributed by atoms with van der Waals surface area (Å²) in [5, 5.41) is 116. The van der Waals surface area contributed by atoms with Crippen LogP contribution in [0.15, 0.2) is 365 Å². The van der Waals surface area contributed by atoms with E-state index in [1.807, 2.05) is 182 Å². The normalized spacial score (nSPS) is 9.51. The standard InChI is InChI=1S/10C9H7NO.2CH3O.5Zn/c10*11-8-5-1-3-7-4-2-6-10-9(7)8;2*1-2;;;;;/h10*1-6,11H;2*2H,1H2;;;;;/q;;;;;;;;;;2*-1;;;;;+2. The van der Waals surface area contributed by atoms with Crippen molar-refractivity contribution in [2.24, 2.45) is 0 Å². The van der Waals surface area contributed by atoms with E-state index in [0.29, 0.717) is 55.2 Å². The quantitative estimate of drug-likeness (QED) is 0.0495. The Balaban J connectivity index is 0.000000275. The van der Waals surface area contributed by atoms with Gasteiger partial charge < -0.3 is 61.3 Å². The van der Waals surface area contributed by atoms with Gasteiger partial charge in [-0.25, -0.2) is 14.2 Å². The molecule has 0 aliphatic carbocycles. The summed E-state index contributed by atoms with van der Waals surface area (Å²) < 4.78 is 0. The van der Waals surface area contributed by atoms with Gasteiger partial charge in [-0.05, 0) is 121 Å². The van der Waals surface area contributed by atoms with Crippen LogP contribution in [0.4, 0.5) is 0 Å². The van der Waals surface area contributed by atoms with Gasteiger partial charge in [0.05, 0.1) is 0 Å². The van der Waals surface area contributed by atoms with Gasteiger partial charge in [0.1, 0.15) is 113 Å². The summed E-state index contributed by atoms with van der Waals surface area (Å²) in [5.74, 6) is 2.39. The molecule has 20 aromatic rings. The van der Waals surface area contributed by atoms with Crippen LogP contribution in [0.2, 0.25) is 0 Å². The molecule has 0 atom stereocenters. The second-order valence-electron chi connectivity index (χ2n) is 23.5. The van der Waals surface area contributed by atoms with Crippen molar-refractivity contribution in [3.8, 4) is 57.5 Å². The van der Waals surface area contributed by atoms with E-state index in [2.05, 4.69) is 64.1 Å². The molecule has 0 bridgehead atoms. The van der Waals surface area contributed by atoms with Gasteiger partial charge in [-0.3, -0.25) is 49.8 Å². The minimum atomic E-state index is 0. The molecule has 0 aliphatic heterocycles. The third-order valence-corrected chi connectivity index (χ3v) is 16.1. The molecule has 0 unspecified atom stereocenters. The number of aliphatic hydroxyl groups excluding tert-OH is 2. The van der Waals surface area contributed by atoms with E-state index in [0.717, 1.165) is 53.9 Å². The van der Waals surface area contributed by atoms with Crippen molar-refractivity contribution in [2.45, 2.75) is 0 Å². The van der Waals surface area contributed by atoms with Crippen LogP contribution in [-0.2, 0) is 97.4 Å². The maximum absolute atomic E-state index is 9.31. The fourth-order valence-electron chi connectivity index (χ4n) is 10.9. The number of aromatic nitrogens is 10. The molecule has 0 saturated carbocycles. The largest absolute Gasteiger partial charge is 2.00 e. The average molecular weight is 1840 g/mol. The van der Waals surface area contributed by atoms with Crippen molar-refractivity contribution >= 4 is 109 Å². The fraction of sp³-hybridized carbons (Fsp3) is 0. The van der Waals surface area contributed by atoms with E-state index in [1.54, 1.807) is 183 Å². The Morgan fingerprint density at radius 2 is 0.210 bits per heavy atom. The third-order valence-electron chi connectivity index (χ3n) is 16.1. The summed E-state index contributed by atoms with van der Waals surface area (Å²) in [6.07, 6.45) is 16.7. The number of nitrogens with zero attached hydrogens (tertiary/aromatic N) is 10. The summed E-state index contributed by atoms with van der Waals surface area (Å²) in [6.45, 7) is 0. The molecule has 10 heterocycles. The number of hydrogen-bond donors (Lipinski definition) is 12. The van der Waals surface area contributed by atoms with Crippen molar-refractivity contribution in [1.29, 1.82) is 0 Å². The smallest absolute Gasteiger partial charge is 0.569 e. The van der Waals surface area contributed by atoms with Crippen molar-refractivity contribution in [1.82, 2.24) is 49.8 Å². The Labute approximate surface area is 748 Å². The summed E-state index contributed by atoms with van der Waals surface area (Å²) in [4.78, 5) is 40.3. The Hall–Kier alpha value is -12.7. The topological polar surface area (TPSA) is 372 Å². The first-order valence-corrected chi connectivity index (χ1v) is 34.7. The summed E-state index contributed by atoms with van der Waals surface area (Å²) in [6, 6.07) is 91.3. The van der Waals surface area contributed by atoms with Gasteiger partial charge in [0, 0.05) is 194 Å². The van der Waals surface area contributed by atoms with E-state index in [-0.39, 0.29) is 155 Å². The Bertz CT molecular complexity index is 5110. The maximum Gasteiger partial charge on any atom is 2.00 e. The summed E-state index contributed by atoms with van der Waals surface area (Å²) >= 11 is 0. The van der Waals surface area contributed by atoms with Gasteiger partial charge in [0.25, 0.3) is 0 Å². The van der Waals surface area contributed by atoms with Crippen molar-refractivity contribution < 1.29 is 159 Å². The summed E-state index contributed by atoms with van der Waals surface area (Å²) in [7, 11) is 4.50. The average Bonchev–Trinajstić information content (AvgIpc) is 0.930. The molecule has 27 heteroatoms. The zero-order chi connectivity index (χ0) is 80.8. The number of aliphatic hydroxyl groups is 2. The van der Waals surface area contributed by atoms with Gasteiger partial charge in [-0.1, -0.05) is 182 Å². The molecule has 0 saturated heterocycles. The molecule has 0 aliphatic rings. The van der Waals surface area contributed by atoms with Crippen LogP contribution in [0.3, 0.4) is 0 Å². The van der Waals surface area contributed by atoms with Crippen molar-refractivity contribution in [3.05, 3.63) is 380 Å². The predicted molar refractivity (Wildman–Crippen MR) is 449 cm³/mol. The minimum Gasteiger partial charge on any atom is -0.569 e. The van der Waals surface area contributed by atoms with Crippen LogP contribution in [0.25, 0.3) is 109 Å². The molecule has 10 aromatic heterocycles. The fourth-order valence-corrected chi connectivity index (χ4v) is 10.9. The van der Waals surface area contributed by atoms with Crippen molar-refractivity contribution in [2.75, 3.05) is 0 Å². The number of pyridine rings is 10. The van der Waals surface area contributed by atoms with Crippen LogP contribution in [0.5, 0.6) is 57.5 Å². The van der Waals surface area contributed by atoms with E-state index in [9.17, 15) is 51.1 Å². The van der Waals surface area contributed by atoms with Crippen LogP contribution in [-0.4, -0.2) is 111 Å². The molecular weight excluding hydrogens is 1760 g/mol. The predicted octanol–water partition coefficient (Wildman–Crippen LogP) is 19.7. The van der Waals surface area contributed by atoms with Gasteiger partial charge in [-0.2, -0.15) is 0 Å². The Kier molecular flexibility index (Phi) is 43.8. The minimum absolute atomic E-state index is 0. The molecular formula is C92H76N10O12Zn5. The van der Waals surface area contributed by atoms with E-state index < -0.39 is 0 Å². The monoisotopic (exact) mass is 1830 g/mol. The van der Waals surface area contributed by atoms with E-state index in [4.69, 9.17) is 10.2 Å². The third kappa shape index (κ3) is 28.9. The number of fused-ring (bicyclic) bond motifs is 10. The molecule has 10 aromatic carbocycles. The molecule has 0 spiro atoms. The molecule has 0 amide bonds. The second-order valence-corrected chi connectivity index (χ2v) is 23.5. The zero-order valence-electron chi connectivity index (χ0n) is 64.4. The SMILES string of the molecule is Oc1cccc2cccnc12.Oc1cccc2cccnc12.Oc1cccc2cccnc12.Oc1cccc2cccnc12.Oc1cccc2cccnc12.Oc1cccc2cccnc12.Oc1cccc2cccnc12.Oc1cccc2cccnc12.Oc1cccc2cccnc12.Oc1cccc2cccnc12.[CH2-]O.[CH2-]O.[Zn+2].[Zn].[Zn].[Zn].[Zn]. The second kappa shape index (κ2) is 52.8. The number of aromatic hydroxyl groups is 10. The number of hydrogen-bond acceptors (Lipinski definition) is 22. The molecule has 576 valence electrons. The van der Waals surface area contributed by atoms with Gasteiger partial charge in [0.2, 0.25) is 0 Å². The molecule has 22 nitrogen and oxygen atoms in total. The van der Waals surface area contributed by atoms with Gasteiger partial charge in [0.15, 0.2) is 0 Å². The number of phenolic OH excluding ortho intramolecular Hbond substituents is 10. The molecule has 0 fully saturated rings. The van der Waals surface area contributed by atoms with Crippen LogP contribution < -0.4 is 0 Å². The van der Waals surface area contributed by atoms with Gasteiger partial charge >= 0.3 is 19.5 Å². The Morgan fingerprint density at radius 1 is 0.134 bits per heavy atom. The maximum atomic E-state index is 9.31. The number of rotatable bonds is 0. The van der Waals surface area contributed by atoms with Crippen LogP contribution in [0.1, 0.15) is 0 Å². The zero-order valence-corrected chi connectivity index (χ0v) is 79.3. The van der Waals surface area contributed by atoms with Crippen LogP contribution >= 0.6 is 0 Å². The molecule has 0 radical (unpaired) electrons. The molecule has 20 rings (SSSR count). The number of phenols is 10.